The summed E-state index contributed by atoms with van der Waals surface area (Å²) in [5, 5.41) is 4.59. The summed E-state index contributed by atoms with van der Waals surface area (Å²) in [6.07, 6.45) is 7.47. The fourth-order valence-corrected chi connectivity index (χ4v) is 3.82. The highest BCUT2D eigenvalue weighted by molar-refractivity contribution is 5.94. The first kappa shape index (κ1) is 18.3. The maximum Gasteiger partial charge on any atom is 0.273 e. The number of pyridine rings is 1. The van der Waals surface area contributed by atoms with Gasteiger partial charge in [-0.25, -0.2) is 4.39 Å². The van der Waals surface area contributed by atoms with Gasteiger partial charge in [-0.2, -0.15) is 5.10 Å². The van der Waals surface area contributed by atoms with Crippen LogP contribution in [-0.4, -0.2) is 25.6 Å². The van der Waals surface area contributed by atoms with Gasteiger partial charge in [0.25, 0.3) is 5.91 Å². The number of hydrogen-bond acceptors (Lipinski definition) is 3. The number of aryl methyl sites for hydroxylation is 2. The van der Waals surface area contributed by atoms with Crippen LogP contribution >= 0.6 is 0 Å². The van der Waals surface area contributed by atoms with E-state index < -0.39 is 0 Å². The van der Waals surface area contributed by atoms with E-state index in [1.54, 1.807) is 34.1 Å². The summed E-state index contributed by atoms with van der Waals surface area (Å²) in [5.41, 5.74) is 4.69. The SMILES string of the molecule is Cn1nc2c(c1C(=O)N(Cc1ccncc1)Cc1ccc(F)cc1)CCCC2. The maximum atomic E-state index is 13.5. The maximum absolute atomic E-state index is 13.5. The molecule has 5 nitrogen and oxygen atoms in total. The standard InChI is InChI=1S/C22H23FN4O/c1-26-21(19-4-2-3-5-20(19)25-26)22(28)27(15-17-10-12-24-13-11-17)14-16-6-8-18(23)9-7-16/h6-13H,2-5,14-15H2,1H3. The van der Waals surface area contributed by atoms with Gasteiger partial charge in [-0.15, -0.1) is 0 Å². The predicted octanol–water partition coefficient (Wildman–Crippen LogP) is 3.68. The van der Waals surface area contributed by atoms with Gasteiger partial charge in [0.1, 0.15) is 11.5 Å². The van der Waals surface area contributed by atoms with E-state index in [1.165, 1.54) is 12.1 Å². The zero-order chi connectivity index (χ0) is 19.5. The number of fused-ring (bicyclic) bond motifs is 1. The molecule has 2 heterocycles. The van der Waals surface area contributed by atoms with E-state index in [2.05, 4.69) is 10.1 Å². The van der Waals surface area contributed by atoms with Crippen molar-refractivity contribution in [3.8, 4) is 0 Å². The number of carbonyl (C=O) groups is 1. The zero-order valence-corrected chi connectivity index (χ0v) is 15.9. The first-order valence-corrected chi connectivity index (χ1v) is 9.59. The van der Waals surface area contributed by atoms with E-state index in [-0.39, 0.29) is 11.7 Å². The summed E-state index contributed by atoms with van der Waals surface area (Å²) >= 11 is 0. The molecule has 28 heavy (non-hydrogen) atoms. The lowest BCUT2D eigenvalue weighted by atomic mass is 9.95. The summed E-state index contributed by atoms with van der Waals surface area (Å²) in [4.78, 5) is 19.4. The number of hydrogen-bond donors (Lipinski definition) is 0. The molecule has 0 saturated carbocycles. The van der Waals surface area contributed by atoms with E-state index in [4.69, 9.17) is 0 Å². The summed E-state index contributed by atoms with van der Waals surface area (Å²) in [5.74, 6) is -0.323. The Bertz CT molecular complexity index is 966. The quantitative estimate of drug-likeness (QED) is 0.681. The van der Waals surface area contributed by atoms with Gasteiger partial charge in [-0.05, 0) is 61.1 Å². The number of nitrogens with zero attached hydrogens (tertiary/aromatic N) is 4. The van der Waals surface area contributed by atoms with Gasteiger partial charge in [0, 0.05) is 38.1 Å². The van der Waals surface area contributed by atoms with Crippen molar-refractivity contribution in [2.75, 3.05) is 0 Å². The molecule has 0 bridgehead atoms. The number of rotatable bonds is 5. The molecule has 3 aromatic rings. The minimum Gasteiger partial charge on any atom is -0.329 e. The molecule has 0 N–H and O–H groups in total. The second kappa shape index (κ2) is 7.92. The lowest BCUT2D eigenvalue weighted by molar-refractivity contribution is 0.0717. The second-order valence-electron chi connectivity index (χ2n) is 7.25. The average Bonchev–Trinajstić information content (AvgIpc) is 3.05. The molecule has 0 saturated heterocycles. The normalized spacial score (nSPS) is 13.2. The number of carbonyl (C=O) groups excluding carboxylic acids is 1. The van der Waals surface area contributed by atoms with Gasteiger partial charge in [0.15, 0.2) is 0 Å². The molecule has 1 aliphatic rings. The molecular formula is C22H23FN4O. The molecule has 0 aliphatic heterocycles. The predicted molar refractivity (Wildman–Crippen MR) is 104 cm³/mol. The fourth-order valence-electron chi connectivity index (χ4n) is 3.82. The molecule has 4 rings (SSSR count). The largest absolute Gasteiger partial charge is 0.329 e. The summed E-state index contributed by atoms with van der Waals surface area (Å²) < 4.78 is 15.0. The highest BCUT2D eigenvalue weighted by Gasteiger charge is 2.27. The number of amides is 1. The highest BCUT2D eigenvalue weighted by Crippen LogP contribution is 2.25. The van der Waals surface area contributed by atoms with Crippen molar-refractivity contribution in [2.45, 2.75) is 38.8 Å². The van der Waals surface area contributed by atoms with Gasteiger partial charge in [-0.3, -0.25) is 14.5 Å². The molecule has 1 aromatic carbocycles. The lowest BCUT2D eigenvalue weighted by Gasteiger charge is -2.24. The topological polar surface area (TPSA) is 51.0 Å². The Hall–Kier alpha value is -3.02. The van der Waals surface area contributed by atoms with Crippen LogP contribution < -0.4 is 0 Å². The Morgan fingerprint density at radius 3 is 2.39 bits per heavy atom. The lowest BCUT2D eigenvalue weighted by Crippen LogP contribution is -2.32. The minimum atomic E-state index is -0.281. The third-order valence-corrected chi connectivity index (χ3v) is 5.22. The van der Waals surface area contributed by atoms with Gasteiger partial charge < -0.3 is 4.90 Å². The van der Waals surface area contributed by atoms with Crippen molar-refractivity contribution in [3.05, 3.63) is 82.7 Å². The molecule has 2 aromatic heterocycles. The molecule has 0 atom stereocenters. The molecule has 144 valence electrons. The van der Waals surface area contributed by atoms with Crippen LogP contribution in [0.1, 0.15) is 45.7 Å². The highest BCUT2D eigenvalue weighted by atomic mass is 19.1. The van der Waals surface area contributed by atoms with Crippen molar-refractivity contribution in [1.82, 2.24) is 19.7 Å². The van der Waals surface area contributed by atoms with Crippen molar-refractivity contribution >= 4 is 5.91 Å². The molecule has 0 unspecified atom stereocenters. The molecule has 1 aliphatic carbocycles. The second-order valence-corrected chi connectivity index (χ2v) is 7.25. The van der Waals surface area contributed by atoms with Crippen LogP contribution in [0, 0.1) is 5.82 Å². The monoisotopic (exact) mass is 378 g/mol. The van der Waals surface area contributed by atoms with Crippen LogP contribution in [-0.2, 0) is 33.0 Å². The number of aromatic nitrogens is 3. The van der Waals surface area contributed by atoms with Crippen molar-refractivity contribution in [2.24, 2.45) is 7.05 Å². The van der Waals surface area contributed by atoms with Crippen LogP contribution in [0.5, 0.6) is 0 Å². The van der Waals surface area contributed by atoms with Crippen molar-refractivity contribution < 1.29 is 9.18 Å². The van der Waals surface area contributed by atoms with Crippen LogP contribution in [0.25, 0.3) is 0 Å². The van der Waals surface area contributed by atoms with Gasteiger partial charge in [-0.1, -0.05) is 12.1 Å². The molecule has 0 spiro atoms. The van der Waals surface area contributed by atoms with Crippen LogP contribution in [0.15, 0.2) is 48.8 Å². The smallest absolute Gasteiger partial charge is 0.273 e. The molecule has 0 radical (unpaired) electrons. The van der Waals surface area contributed by atoms with Crippen molar-refractivity contribution in [3.63, 3.8) is 0 Å². The van der Waals surface area contributed by atoms with Crippen LogP contribution in [0.3, 0.4) is 0 Å². The third-order valence-electron chi connectivity index (χ3n) is 5.22. The van der Waals surface area contributed by atoms with Gasteiger partial charge in [0.05, 0.1) is 5.69 Å². The van der Waals surface area contributed by atoms with Gasteiger partial charge >= 0.3 is 0 Å². The third kappa shape index (κ3) is 3.81. The van der Waals surface area contributed by atoms with Crippen molar-refractivity contribution in [1.29, 1.82) is 0 Å². The summed E-state index contributed by atoms with van der Waals surface area (Å²) in [7, 11) is 1.84. The van der Waals surface area contributed by atoms with E-state index in [1.807, 2.05) is 19.2 Å². The first-order chi connectivity index (χ1) is 13.6. The van der Waals surface area contributed by atoms with Crippen LogP contribution in [0.4, 0.5) is 4.39 Å². The molecule has 6 heteroatoms. The summed E-state index contributed by atoms with van der Waals surface area (Å²) in [6.45, 7) is 0.861. The Morgan fingerprint density at radius 1 is 1.04 bits per heavy atom. The Kier molecular flexibility index (Phi) is 5.19. The first-order valence-electron chi connectivity index (χ1n) is 9.59. The minimum absolute atomic E-state index is 0.0423. The Labute approximate surface area is 163 Å². The molecule has 1 amide bonds. The van der Waals surface area contributed by atoms with E-state index in [0.717, 1.165) is 48.1 Å². The summed E-state index contributed by atoms with van der Waals surface area (Å²) in [6, 6.07) is 10.1. The fraction of sp³-hybridized carbons (Fsp3) is 0.318. The Balaban J connectivity index is 1.67. The number of halogens is 1. The van der Waals surface area contributed by atoms with Gasteiger partial charge in [0.2, 0.25) is 0 Å². The molecule has 0 fully saturated rings. The average molecular weight is 378 g/mol. The van der Waals surface area contributed by atoms with E-state index in [0.29, 0.717) is 18.8 Å². The number of benzene rings is 1. The Morgan fingerprint density at radius 2 is 1.68 bits per heavy atom. The van der Waals surface area contributed by atoms with Crippen LogP contribution in [0.2, 0.25) is 0 Å². The zero-order valence-electron chi connectivity index (χ0n) is 15.9. The van der Waals surface area contributed by atoms with E-state index in [9.17, 15) is 9.18 Å². The molecular weight excluding hydrogens is 355 g/mol. The van der Waals surface area contributed by atoms with E-state index >= 15 is 0 Å².